The average Bonchev–Trinajstić information content (AvgIpc) is 2.16. The summed E-state index contributed by atoms with van der Waals surface area (Å²) in [6.45, 7) is 3.65. The number of carbonyl (C=O) groups is 4. The number of carboxylic acid groups (broad SMARTS) is 2. The summed E-state index contributed by atoms with van der Waals surface area (Å²) in [4.78, 5) is 40.4. The Morgan fingerprint density at radius 3 is 1.16 bits per heavy atom. The standard InChI is InChI=1S/2C6H10O3.Mo/c2*1-2-3-5(7)4-6(8)9;/h2*2-4H2,1H3,(H,8,9);/q;;+2/p-2. The van der Waals surface area contributed by atoms with Crippen LogP contribution < -0.4 is 10.2 Å². The molecule has 0 radical (unpaired) electrons. The maximum atomic E-state index is 10.4. The van der Waals surface area contributed by atoms with E-state index >= 15 is 0 Å². The zero-order valence-corrected chi connectivity index (χ0v) is 13.1. The second-order valence-corrected chi connectivity index (χ2v) is 3.67. The minimum absolute atomic E-state index is 0. The van der Waals surface area contributed by atoms with Crippen molar-refractivity contribution in [3.63, 3.8) is 0 Å². The Balaban J connectivity index is -0.000000256. The SMILES string of the molecule is CCCC(=O)CC(=O)[O-].CCCC(=O)CC(=O)[O-].[Mo+2]. The van der Waals surface area contributed by atoms with Crippen molar-refractivity contribution in [2.24, 2.45) is 0 Å². The van der Waals surface area contributed by atoms with Crippen LogP contribution in [0.5, 0.6) is 0 Å². The van der Waals surface area contributed by atoms with Gasteiger partial charge < -0.3 is 19.8 Å². The number of carboxylic acids is 2. The quantitative estimate of drug-likeness (QED) is 0.407. The van der Waals surface area contributed by atoms with Gasteiger partial charge in [-0.2, -0.15) is 0 Å². The van der Waals surface area contributed by atoms with Gasteiger partial charge in [-0.25, -0.2) is 0 Å². The van der Waals surface area contributed by atoms with Crippen LogP contribution >= 0.6 is 0 Å². The first-order valence-electron chi connectivity index (χ1n) is 5.76. The van der Waals surface area contributed by atoms with Crippen molar-refractivity contribution in [2.45, 2.75) is 52.4 Å². The van der Waals surface area contributed by atoms with E-state index in [1.807, 2.05) is 13.8 Å². The van der Waals surface area contributed by atoms with Crippen LogP contribution in [0.15, 0.2) is 0 Å². The van der Waals surface area contributed by atoms with Crippen molar-refractivity contribution >= 4 is 23.5 Å². The van der Waals surface area contributed by atoms with Crippen LogP contribution in [0, 0.1) is 0 Å². The zero-order valence-electron chi connectivity index (χ0n) is 11.1. The second kappa shape index (κ2) is 15.0. The molecular weight excluding hydrogens is 336 g/mol. The van der Waals surface area contributed by atoms with Crippen molar-refractivity contribution in [2.75, 3.05) is 0 Å². The summed E-state index contributed by atoms with van der Waals surface area (Å²) >= 11 is 0. The minimum Gasteiger partial charge on any atom is -0.550 e. The molecule has 0 amide bonds. The fraction of sp³-hybridized carbons (Fsp3) is 0.667. The molecule has 0 N–H and O–H groups in total. The van der Waals surface area contributed by atoms with Crippen molar-refractivity contribution in [1.82, 2.24) is 0 Å². The topological polar surface area (TPSA) is 114 Å². The average molecular weight is 354 g/mol. The third-order valence-electron chi connectivity index (χ3n) is 1.74. The van der Waals surface area contributed by atoms with Crippen LogP contribution in [0.2, 0.25) is 0 Å². The maximum absolute atomic E-state index is 10.4. The number of ketones is 2. The molecule has 0 saturated heterocycles. The fourth-order valence-corrected chi connectivity index (χ4v) is 1.06. The van der Waals surface area contributed by atoms with Crippen molar-refractivity contribution in [3.05, 3.63) is 0 Å². The van der Waals surface area contributed by atoms with E-state index in [4.69, 9.17) is 0 Å². The molecule has 0 heterocycles. The summed E-state index contributed by atoms with van der Waals surface area (Å²) in [7, 11) is 0. The van der Waals surface area contributed by atoms with Gasteiger partial charge in [0.25, 0.3) is 0 Å². The van der Waals surface area contributed by atoms with E-state index in [0.29, 0.717) is 25.7 Å². The Morgan fingerprint density at radius 1 is 0.737 bits per heavy atom. The van der Waals surface area contributed by atoms with E-state index in [9.17, 15) is 29.4 Å². The smallest absolute Gasteiger partial charge is 0.550 e. The van der Waals surface area contributed by atoms with Gasteiger partial charge in [-0.15, -0.1) is 0 Å². The molecule has 0 aliphatic heterocycles. The maximum Gasteiger partial charge on any atom is 2.00 e. The third kappa shape index (κ3) is 22.6. The molecule has 0 aliphatic carbocycles. The summed E-state index contributed by atoms with van der Waals surface area (Å²) in [6.07, 6.45) is 1.21. The summed E-state index contributed by atoms with van der Waals surface area (Å²) in [6, 6.07) is 0. The predicted octanol–water partition coefficient (Wildman–Crippen LogP) is -1.01. The first-order chi connectivity index (χ1) is 8.33. The predicted molar refractivity (Wildman–Crippen MR) is 59.1 cm³/mol. The number of Topliss-reactive ketones (excluding diaryl/α,β-unsaturated/α-hetero) is 2. The molecule has 0 atom stereocenters. The Morgan fingerprint density at radius 2 is 1.00 bits per heavy atom. The van der Waals surface area contributed by atoms with E-state index in [2.05, 4.69) is 0 Å². The molecule has 0 rings (SSSR count). The Hall–Kier alpha value is -1.03. The summed E-state index contributed by atoms with van der Waals surface area (Å²) in [5.74, 6) is -3.07. The van der Waals surface area contributed by atoms with Crippen LogP contribution in [0.3, 0.4) is 0 Å². The third-order valence-corrected chi connectivity index (χ3v) is 1.74. The van der Waals surface area contributed by atoms with Crippen LogP contribution in [0.1, 0.15) is 52.4 Å². The Labute approximate surface area is 126 Å². The molecule has 108 valence electrons. The van der Waals surface area contributed by atoms with Gasteiger partial charge in [-0.05, 0) is 12.8 Å². The largest absolute Gasteiger partial charge is 2.00 e. The monoisotopic (exact) mass is 356 g/mol. The summed E-state index contributed by atoms with van der Waals surface area (Å²) in [5.41, 5.74) is 0. The molecule has 0 aromatic rings. The van der Waals surface area contributed by atoms with E-state index in [-0.39, 0.29) is 32.6 Å². The van der Waals surface area contributed by atoms with E-state index < -0.39 is 24.8 Å². The Bertz CT molecular complexity index is 271. The van der Waals surface area contributed by atoms with Gasteiger partial charge in [-0.3, -0.25) is 9.59 Å². The van der Waals surface area contributed by atoms with Crippen LogP contribution in [0.25, 0.3) is 0 Å². The first-order valence-corrected chi connectivity index (χ1v) is 5.76. The number of carbonyl (C=O) groups excluding carboxylic acids is 4. The molecule has 0 saturated carbocycles. The first kappa shape index (κ1) is 23.1. The molecule has 0 aromatic heterocycles. The molecule has 0 unspecified atom stereocenters. The normalized spacial score (nSPS) is 8.53. The molecule has 7 heteroatoms. The van der Waals surface area contributed by atoms with Gasteiger partial charge in [0.15, 0.2) is 0 Å². The van der Waals surface area contributed by atoms with Gasteiger partial charge in [0.1, 0.15) is 11.6 Å². The Kier molecular flexibility index (Phi) is 18.3. The number of hydrogen-bond donors (Lipinski definition) is 0. The molecule has 19 heavy (non-hydrogen) atoms. The molecule has 0 aromatic carbocycles. The van der Waals surface area contributed by atoms with Crippen molar-refractivity contribution in [1.29, 1.82) is 0 Å². The molecule has 0 spiro atoms. The molecule has 0 aliphatic rings. The molecule has 0 fully saturated rings. The zero-order chi connectivity index (χ0) is 14.6. The molecular formula is C12H18MoO6. The summed E-state index contributed by atoms with van der Waals surface area (Å²) < 4.78 is 0. The minimum atomic E-state index is -1.28. The van der Waals surface area contributed by atoms with E-state index in [1.165, 1.54) is 0 Å². The number of aliphatic carboxylic acids is 2. The summed E-state index contributed by atoms with van der Waals surface area (Å²) in [5, 5.41) is 19.5. The second-order valence-electron chi connectivity index (χ2n) is 3.67. The fourth-order valence-electron chi connectivity index (χ4n) is 1.06. The van der Waals surface area contributed by atoms with E-state index in [1.54, 1.807) is 0 Å². The molecule has 6 nitrogen and oxygen atoms in total. The number of rotatable bonds is 8. The van der Waals surface area contributed by atoms with Crippen molar-refractivity contribution < 1.29 is 50.5 Å². The van der Waals surface area contributed by atoms with Crippen LogP contribution in [-0.2, 0) is 40.2 Å². The number of hydrogen-bond acceptors (Lipinski definition) is 6. The van der Waals surface area contributed by atoms with E-state index in [0.717, 1.165) is 0 Å². The van der Waals surface area contributed by atoms with Crippen LogP contribution in [0.4, 0.5) is 0 Å². The van der Waals surface area contributed by atoms with Gasteiger partial charge >= 0.3 is 21.1 Å². The van der Waals surface area contributed by atoms with Gasteiger partial charge in [0.05, 0.1) is 0 Å². The van der Waals surface area contributed by atoms with Gasteiger partial charge in [-0.1, -0.05) is 13.8 Å². The van der Waals surface area contributed by atoms with Crippen molar-refractivity contribution in [3.8, 4) is 0 Å². The van der Waals surface area contributed by atoms with Crippen LogP contribution in [-0.4, -0.2) is 23.5 Å². The van der Waals surface area contributed by atoms with Gasteiger partial charge in [0, 0.05) is 37.6 Å². The molecule has 0 bridgehead atoms. The van der Waals surface area contributed by atoms with Gasteiger partial charge in [0.2, 0.25) is 0 Å².